The van der Waals surface area contributed by atoms with E-state index in [-0.39, 0.29) is 24.2 Å². The number of halogens is 2. The second kappa shape index (κ2) is 8.51. The van der Waals surface area contributed by atoms with E-state index in [0.29, 0.717) is 22.8 Å². The molecule has 2 aromatic rings. The Labute approximate surface area is 140 Å². The Balaban J connectivity index is 0.00000242. The average Bonchev–Trinajstić information content (AvgIpc) is 2.49. The fourth-order valence-electron chi connectivity index (χ4n) is 1.87. The topological polar surface area (TPSA) is 65.8 Å². The largest absolute Gasteiger partial charge is 0.313 e. The van der Waals surface area contributed by atoms with Crippen LogP contribution in [0.1, 0.15) is 35.2 Å². The summed E-state index contributed by atoms with van der Waals surface area (Å²) in [6, 6.07) is 10.4. The zero-order valence-corrected chi connectivity index (χ0v) is 13.6. The van der Waals surface area contributed by atoms with E-state index in [1.807, 2.05) is 13.0 Å². The highest BCUT2D eigenvalue weighted by atomic mass is 35.5. The van der Waals surface area contributed by atoms with Crippen LogP contribution in [0.25, 0.3) is 0 Å². The molecule has 0 aliphatic rings. The molecule has 4 nitrogen and oxygen atoms in total. The minimum Gasteiger partial charge on any atom is -0.313 e. The molecule has 1 heterocycles. The summed E-state index contributed by atoms with van der Waals surface area (Å²) in [7, 11) is 0. The van der Waals surface area contributed by atoms with E-state index < -0.39 is 0 Å². The zero-order valence-electron chi connectivity index (χ0n) is 12.0. The Bertz CT molecular complexity index is 627. The first-order chi connectivity index (χ1) is 10.1. The van der Waals surface area contributed by atoms with Crippen LogP contribution in [-0.4, -0.2) is 17.1 Å². The molecule has 1 atom stereocenters. The van der Waals surface area contributed by atoms with E-state index in [0.717, 1.165) is 5.56 Å². The number of hydrogen-bond donors (Lipinski definition) is 2. The maximum absolute atomic E-state index is 12.0. The third-order valence-corrected chi connectivity index (χ3v) is 3.43. The molecule has 1 aromatic heterocycles. The molecule has 22 heavy (non-hydrogen) atoms. The van der Waals surface area contributed by atoms with Gasteiger partial charge in [-0.2, -0.15) is 0 Å². The summed E-state index contributed by atoms with van der Waals surface area (Å²) in [6.45, 7) is 2.04. The van der Waals surface area contributed by atoms with Gasteiger partial charge in [0.2, 0.25) is 0 Å². The van der Waals surface area contributed by atoms with Crippen LogP contribution in [0.4, 0.5) is 5.82 Å². The van der Waals surface area contributed by atoms with E-state index in [4.69, 9.17) is 17.0 Å². The predicted molar refractivity (Wildman–Crippen MR) is 92.7 cm³/mol. The van der Waals surface area contributed by atoms with Crippen LogP contribution in [0.2, 0.25) is 5.02 Å². The summed E-state index contributed by atoms with van der Waals surface area (Å²) in [6.07, 6.45) is 3.80. The lowest BCUT2D eigenvalue weighted by atomic mass is 10.0. The van der Waals surface area contributed by atoms with Crippen LogP contribution < -0.4 is 5.32 Å². The fraction of sp³-hybridized carbons (Fsp3) is 0.188. The number of aromatic nitrogens is 1. The van der Waals surface area contributed by atoms with Gasteiger partial charge in [-0.1, -0.05) is 24.6 Å². The molecule has 1 aromatic carbocycles. The van der Waals surface area contributed by atoms with Crippen LogP contribution >= 0.6 is 24.0 Å². The first-order valence-corrected chi connectivity index (χ1v) is 6.99. The summed E-state index contributed by atoms with van der Waals surface area (Å²) < 4.78 is 0. The van der Waals surface area contributed by atoms with Gasteiger partial charge in [0.05, 0.1) is 0 Å². The third-order valence-electron chi connectivity index (χ3n) is 3.17. The fourth-order valence-corrected chi connectivity index (χ4v) is 2.00. The molecule has 116 valence electrons. The van der Waals surface area contributed by atoms with Crippen molar-refractivity contribution in [2.75, 3.05) is 5.32 Å². The van der Waals surface area contributed by atoms with Gasteiger partial charge < -0.3 is 10.7 Å². The number of benzene rings is 1. The van der Waals surface area contributed by atoms with E-state index in [1.54, 1.807) is 36.5 Å². The van der Waals surface area contributed by atoms with Crippen molar-refractivity contribution < 1.29 is 4.79 Å². The molecule has 0 radical (unpaired) electrons. The van der Waals surface area contributed by atoms with Gasteiger partial charge in [0, 0.05) is 16.8 Å². The molecule has 0 spiro atoms. The molecule has 1 unspecified atom stereocenters. The Kier molecular flexibility index (Phi) is 7.02. The van der Waals surface area contributed by atoms with Gasteiger partial charge in [-0.3, -0.25) is 4.79 Å². The summed E-state index contributed by atoms with van der Waals surface area (Å²) >= 11 is 5.79. The Hall–Kier alpha value is -1.91. The van der Waals surface area contributed by atoms with Gasteiger partial charge in [-0.05, 0) is 54.4 Å². The lowest BCUT2D eigenvalue weighted by Gasteiger charge is -2.09. The minimum absolute atomic E-state index is 0. The van der Waals surface area contributed by atoms with Crippen molar-refractivity contribution in [2.45, 2.75) is 19.3 Å². The van der Waals surface area contributed by atoms with Crippen LogP contribution in [0.5, 0.6) is 0 Å². The number of hydrogen-bond acceptors (Lipinski definition) is 3. The SMILES string of the molecule is CC(CC=N)c1ccc(NC(=O)c2ccc(Cl)cc2)nc1.Cl. The van der Waals surface area contributed by atoms with E-state index in [9.17, 15) is 4.79 Å². The van der Waals surface area contributed by atoms with Gasteiger partial charge in [0.1, 0.15) is 5.82 Å². The molecule has 0 bridgehead atoms. The maximum atomic E-state index is 12.0. The van der Waals surface area contributed by atoms with Crippen molar-refractivity contribution in [3.05, 3.63) is 58.7 Å². The minimum atomic E-state index is -0.223. The highest BCUT2D eigenvalue weighted by Crippen LogP contribution is 2.18. The Morgan fingerprint density at radius 1 is 1.32 bits per heavy atom. The van der Waals surface area contributed by atoms with E-state index in [2.05, 4.69) is 10.3 Å². The monoisotopic (exact) mass is 337 g/mol. The van der Waals surface area contributed by atoms with Gasteiger partial charge in [0.15, 0.2) is 0 Å². The summed E-state index contributed by atoms with van der Waals surface area (Å²) in [5, 5.41) is 10.4. The number of nitrogens with one attached hydrogen (secondary N) is 2. The number of carbonyl (C=O) groups excluding carboxylic acids is 1. The molecule has 6 heteroatoms. The highest BCUT2D eigenvalue weighted by molar-refractivity contribution is 6.30. The molecule has 0 aliphatic heterocycles. The molecule has 0 aliphatic carbocycles. The molecule has 0 fully saturated rings. The lowest BCUT2D eigenvalue weighted by Crippen LogP contribution is -2.12. The molecule has 2 rings (SSSR count). The van der Waals surface area contributed by atoms with Crippen molar-refractivity contribution in [3.63, 3.8) is 0 Å². The van der Waals surface area contributed by atoms with Crippen molar-refractivity contribution >= 4 is 41.9 Å². The maximum Gasteiger partial charge on any atom is 0.256 e. The standard InChI is InChI=1S/C16H16ClN3O.ClH/c1-11(8-9-18)13-4-7-15(19-10-13)20-16(21)12-2-5-14(17)6-3-12;/h2-7,9-11,18H,8H2,1H3,(H,19,20,21);1H. The zero-order chi connectivity index (χ0) is 15.2. The number of anilines is 1. The smallest absolute Gasteiger partial charge is 0.256 e. The molecule has 0 saturated heterocycles. The Morgan fingerprint density at radius 3 is 2.55 bits per heavy atom. The first kappa shape index (κ1) is 18.1. The van der Waals surface area contributed by atoms with E-state index >= 15 is 0 Å². The van der Waals surface area contributed by atoms with Crippen LogP contribution in [0.3, 0.4) is 0 Å². The van der Waals surface area contributed by atoms with Crippen LogP contribution in [0.15, 0.2) is 42.6 Å². The molecule has 2 N–H and O–H groups in total. The normalized spacial score (nSPS) is 11.2. The first-order valence-electron chi connectivity index (χ1n) is 6.62. The van der Waals surface area contributed by atoms with Crippen molar-refractivity contribution in [2.24, 2.45) is 0 Å². The van der Waals surface area contributed by atoms with Crippen LogP contribution in [-0.2, 0) is 0 Å². The van der Waals surface area contributed by atoms with Crippen molar-refractivity contribution in [1.82, 2.24) is 4.98 Å². The average molecular weight is 338 g/mol. The molecule has 0 saturated carbocycles. The molecular formula is C16H17Cl2N3O. The molecule has 1 amide bonds. The summed E-state index contributed by atoms with van der Waals surface area (Å²) in [4.78, 5) is 16.3. The van der Waals surface area contributed by atoms with Gasteiger partial charge in [-0.25, -0.2) is 4.98 Å². The van der Waals surface area contributed by atoms with Gasteiger partial charge in [-0.15, -0.1) is 12.4 Å². The van der Waals surface area contributed by atoms with Gasteiger partial charge in [0.25, 0.3) is 5.91 Å². The number of pyridine rings is 1. The second-order valence-corrected chi connectivity index (χ2v) is 5.22. The lowest BCUT2D eigenvalue weighted by molar-refractivity contribution is 0.102. The van der Waals surface area contributed by atoms with Gasteiger partial charge >= 0.3 is 0 Å². The van der Waals surface area contributed by atoms with Crippen LogP contribution in [0, 0.1) is 5.41 Å². The molecular weight excluding hydrogens is 321 g/mol. The number of carbonyl (C=O) groups is 1. The second-order valence-electron chi connectivity index (χ2n) is 4.78. The van der Waals surface area contributed by atoms with Crippen molar-refractivity contribution in [1.29, 1.82) is 5.41 Å². The predicted octanol–water partition coefficient (Wildman–Crippen LogP) is 4.55. The summed E-state index contributed by atoms with van der Waals surface area (Å²) in [5.74, 6) is 0.524. The van der Waals surface area contributed by atoms with Crippen molar-refractivity contribution in [3.8, 4) is 0 Å². The quantitative estimate of drug-likeness (QED) is 0.785. The Morgan fingerprint density at radius 2 is 2.00 bits per heavy atom. The highest BCUT2D eigenvalue weighted by Gasteiger charge is 2.08. The third kappa shape index (κ3) is 4.83. The number of nitrogens with zero attached hydrogens (tertiary/aromatic N) is 1. The number of amides is 1. The number of rotatable bonds is 5. The van der Waals surface area contributed by atoms with E-state index in [1.165, 1.54) is 6.21 Å². The summed E-state index contributed by atoms with van der Waals surface area (Å²) in [5.41, 5.74) is 1.57.